The second-order valence-electron chi connectivity index (χ2n) is 8.06. The third-order valence-electron chi connectivity index (χ3n) is 4.76. The van der Waals surface area contributed by atoms with Gasteiger partial charge in [-0.2, -0.15) is 4.98 Å². The molecule has 7 nitrogen and oxygen atoms in total. The predicted octanol–water partition coefficient (Wildman–Crippen LogP) is 4.74. The number of sulfonamides is 1. The fraction of sp³-hybridized carbons (Fsp3) is 0.304. The second kappa shape index (κ2) is 10.2. The number of halogens is 1. The number of nitrogens with one attached hydrogen (secondary N) is 2. The number of benzene rings is 2. The number of hydrogen-bond acceptors (Lipinski definition) is 6. The van der Waals surface area contributed by atoms with Crippen LogP contribution in [0.25, 0.3) is 11.3 Å². The maximum absolute atomic E-state index is 12.2. The fourth-order valence-electron chi connectivity index (χ4n) is 3.36. The van der Waals surface area contributed by atoms with Gasteiger partial charge in [-0.3, -0.25) is 4.72 Å². The smallest absolute Gasteiger partial charge is 0.232 e. The van der Waals surface area contributed by atoms with Crippen molar-refractivity contribution in [1.82, 2.24) is 9.97 Å². The first-order chi connectivity index (χ1) is 15.1. The van der Waals surface area contributed by atoms with Crippen LogP contribution in [0.4, 0.5) is 17.5 Å². The molecule has 1 aromatic heterocycles. The van der Waals surface area contributed by atoms with Crippen molar-refractivity contribution in [3.05, 3.63) is 64.7 Å². The van der Waals surface area contributed by atoms with E-state index in [9.17, 15) is 8.42 Å². The van der Waals surface area contributed by atoms with E-state index in [0.29, 0.717) is 35.2 Å². The Morgan fingerprint density at radius 2 is 1.84 bits per heavy atom. The molecule has 32 heavy (non-hydrogen) atoms. The zero-order valence-corrected chi connectivity index (χ0v) is 20.0. The van der Waals surface area contributed by atoms with E-state index in [1.165, 1.54) is 0 Å². The van der Waals surface area contributed by atoms with E-state index < -0.39 is 10.0 Å². The highest BCUT2D eigenvalue weighted by Crippen LogP contribution is 2.28. The van der Waals surface area contributed by atoms with Crippen molar-refractivity contribution in [2.75, 3.05) is 28.1 Å². The normalized spacial score (nSPS) is 11.5. The van der Waals surface area contributed by atoms with E-state index in [1.807, 2.05) is 63.2 Å². The van der Waals surface area contributed by atoms with Crippen molar-refractivity contribution in [3.63, 3.8) is 0 Å². The van der Waals surface area contributed by atoms with Crippen molar-refractivity contribution in [2.45, 2.75) is 27.2 Å². The SMILES string of the molecule is Cc1c(Cl)cccc1-c1cc(NCCc2cccc(NS(=O)(=O)CC(C)C)c2)nc(N)n1. The van der Waals surface area contributed by atoms with Crippen molar-refractivity contribution in [1.29, 1.82) is 0 Å². The summed E-state index contributed by atoms with van der Waals surface area (Å²) in [6.07, 6.45) is 0.676. The van der Waals surface area contributed by atoms with Gasteiger partial charge in [-0.15, -0.1) is 0 Å². The van der Waals surface area contributed by atoms with Crippen LogP contribution >= 0.6 is 11.6 Å². The number of nitrogen functional groups attached to an aromatic ring is 1. The first-order valence-corrected chi connectivity index (χ1v) is 12.4. The largest absolute Gasteiger partial charge is 0.370 e. The molecule has 0 unspecified atom stereocenters. The summed E-state index contributed by atoms with van der Waals surface area (Å²) >= 11 is 6.24. The lowest BCUT2D eigenvalue weighted by Crippen LogP contribution is -2.20. The highest BCUT2D eigenvalue weighted by Gasteiger charge is 2.13. The maximum atomic E-state index is 12.2. The molecule has 0 spiro atoms. The Hall–Kier alpha value is -2.84. The Balaban J connectivity index is 1.67. The van der Waals surface area contributed by atoms with Crippen LogP contribution in [0.1, 0.15) is 25.0 Å². The Labute approximate surface area is 194 Å². The molecule has 0 atom stereocenters. The summed E-state index contributed by atoms with van der Waals surface area (Å²) in [5, 5.41) is 3.93. The Morgan fingerprint density at radius 3 is 2.59 bits per heavy atom. The van der Waals surface area contributed by atoms with E-state index in [1.54, 1.807) is 6.07 Å². The molecule has 1 heterocycles. The molecule has 170 valence electrons. The third kappa shape index (κ3) is 6.58. The molecule has 0 aliphatic rings. The van der Waals surface area contributed by atoms with Crippen LogP contribution in [-0.2, 0) is 16.4 Å². The van der Waals surface area contributed by atoms with Gasteiger partial charge < -0.3 is 11.1 Å². The van der Waals surface area contributed by atoms with Gasteiger partial charge in [0.2, 0.25) is 16.0 Å². The highest BCUT2D eigenvalue weighted by atomic mass is 35.5. The average molecular weight is 474 g/mol. The standard InChI is InChI=1S/C23H28ClN5O2S/c1-15(2)14-32(30,31)29-18-7-4-6-17(12-18)10-11-26-22-13-21(27-23(25)28-22)19-8-5-9-20(24)16(19)3/h4-9,12-13,15,29H,10-11,14H2,1-3H3,(H3,25,26,27,28). The van der Waals surface area contributed by atoms with Crippen molar-refractivity contribution in [2.24, 2.45) is 5.92 Å². The molecule has 3 rings (SSSR count). The van der Waals surface area contributed by atoms with E-state index in [4.69, 9.17) is 17.3 Å². The first-order valence-electron chi connectivity index (χ1n) is 10.4. The van der Waals surface area contributed by atoms with Crippen molar-refractivity contribution < 1.29 is 8.42 Å². The second-order valence-corrected chi connectivity index (χ2v) is 10.2. The summed E-state index contributed by atoms with van der Waals surface area (Å²) in [7, 11) is -3.36. The lowest BCUT2D eigenvalue weighted by Gasteiger charge is -2.12. The predicted molar refractivity (Wildman–Crippen MR) is 133 cm³/mol. The summed E-state index contributed by atoms with van der Waals surface area (Å²) in [6, 6.07) is 14.9. The molecule has 3 aromatic rings. The Bertz CT molecular complexity index is 1200. The molecule has 0 bridgehead atoms. The molecule has 0 aliphatic heterocycles. The molecule has 0 fully saturated rings. The molecule has 0 saturated heterocycles. The third-order valence-corrected chi connectivity index (χ3v) is 6.82. The summed E-state index contributed by atoms with van der Waals surface area (Å²) < 4.78 is 27.0. The van der Waals surface area contributed by atoms with Gasteiger partial charge in [-0.1, -0.05) is 49.7 Å². The number of nitrogens with zero attached hydrogens (tertiary/aromatic N) is 2. The van der Waals surface area contributed by atoms with Gasteiger partial charge in [0, 0.05) is 28.9 Å². The first kappa shape index (κ1) is 23.8. The highest BCUT2D eigenvalue weighted by molar-refractivity contribution is 7.92. The van der Waals surface area contributed by atoms with Crippen LogP contribution in [0.5, 0.6) is 0 Å². The van der Waals surface area contributed by atoms with Crippen LogP contribution in [0, 0.1) is 12.8 Å². The minimum atomic E-state index is -3.36. The zero-order valence-electron chi connectivity index (χ0n) is 18.4. The molecule has 9 heteroatoms. The molecule has 0 amide bonds. The topological polar surface area (TPSA) is 110 Å². The summed E-state index contributed by atoms with van der Waals surface area (Å²) in [6.45, 7) is 6.28. The number of rotatable bonds is 9. The molecule has 2 aromatic carbocycles. The quantitative estimate of drug-likeness (QED) is 0.414. The van der Waals surface area contributed by atoms with Crippen LogP contribution in [0.15, 0.2) is 48.5 Å². The summed E-state index contributed by atoms with van der Waals surface area (Å²) in [4.78, 5) is 8.61. The molecule has 0 saturated carbocycles. The molecular formula is C23H28ClN5O2S. The summed E-state index contributed by atoms with van der Waals surface area (Å²) in [5.74, 6) is 0.926. The van der Waals surface area contributed by atoms with Gasteiger partial charge in [0.1, 0.15) is 5.82 Å². The van der Waals surface area contributed by atoms with Gasteiger partial charge in [0.25, 0.3) is 0 Å². The van der Waals surface area contributed by atoms with Crippen LogP contribution < -0.4 is 15.8 Å². The zero-order chi connectivity index (χ0) is 23.3. The minimum Gasteiger partial charge on any atom is -0.370 e. The lowest BCUT2D eigenvalue weighted by atomic mass is 10.1. The maximum Gasteiger partial charge on any atom is 0.232 e. The van der Waals surface area contributed by atoms with Crippen LogP contribution in [-0.4, -0.2) is 30.7 Å². The van der Waals surface area contributed by atoms with Gasteiger partial charge >= 0.3 is 0 Å². The lowest BCUT2D eigenvalue weighted by molar-refractivity contribution is 0.587. The monoisotopic (exact) mass is 473 g/mol. The fourth-order valence-corrected chi connectivity index (χ4v) is 4.99. The van der Waals surface area contributed by atoms with Gasteiger partial charge in [-0.25, -0.2) is 13.4 Å². The minimum absolute atomic E-state index is 0.0563. The Morgan fingerprint density at radius 1 is 1.09 bits per heavy atom. The van der Waals surface area contributed by atoms with Crippen LogP contribution in [0.3, 0.4) is 0 Å². The number of nitrogens with two attached hydrogens (primary N) is 1. The van der Waals surface area contributed by atoms with Crippen molar-refractivity contribution >= 4 is 39.1 Å². The Kier molecular flexibility index (Phi) is 7.58. The summed E-state index contributed by atoms with van der Waals surface area (Å²) in [5.41, 5.74) is 10.00. The van der Waals surface area contributed by atoms with Gasteiger partial charge in [0.15, 0.2) is 0 Å². The van der Waals surface area contributed by atoms with E-state index in [0.717, 1.165) is 16.7 Å². The number of anilines is 3. The van der Waals surface area contributed by atoms with E-state index >= 15 is 0 Å². The van der Waals surface area contributed by atoms with Gasteiger partial charge in [-0.05, 0) is 48.6 Å². The molecule has 0 aliphatic carbocycles. The van der Waals surface area contributed by atoms with E-state index in [-0.39, 0.29) is 17.6 Å². The average Bonchev–Trinajstić information content (AvgIpc) is 2.68. The molecule has 0 radical (unpaired) electrons. The number of aromatic nitrogens is 2. The number of hydrogen-bond donors (Lipinski definition) is 3. The van der Waals surface area contributed by atoms with Crippen molar-refractivity contribution in [3.8, 4) is 11.3 Å². The molecular weight excluding hydrogens is 446 g/mol. The van der Waals surface area contributed by atoms with Crippen LogP contribution in [0.2, 0.25) is 5.02 Å². The molecule has 4 N–H and O–H groups in total. The van der Waals surface area contributed by atoms with E-state index in [2.05, 4.69) is 20.0 Å². The van der Waals surface area contributed by atoms with Gasteiger partial charge in [0.05, 0.1) is 11.4 Å².